The summed E-state index contributed by atoms with van der Waals surface area (Å²) >= 11 is 0. The molecular weight excluding hydrogens is 513 g/mol. The highest BCUT2D eigenvalue weighted by Gasteiger charge is 2.33. The second-order valence-electron chi connectivity index (χ2n) is 9.90. The van der Waals surface area contributed by atoms with Crippen LogP contribution in [-0.4, -0.2) is 63.1 Å². The third-order valence-corrected chi connectivity index (χ3v) is 7.51. The van der Waals surface area contributed by atoms with E-state index in [9.17, 15) is 9.18 Å². The summed E-state index contributed by atoms with van der Waals surface area (Å²) in [4.78, 5) is 20.9. The molecule has 4 heterocycles. The molecule has 11 heteroatoms. The van der Waals surface area contributed by atoms with Crippen molar-refractivity contribution in [3.05, 3.63) is 106 Å². The average molecular weight is 540 g/mol. The number of aromatic amines is 1. The predicted molar refractivity (Wildman–Crippen MR) is 146 cm³/mol. The van der Waals surface area contributed by atoms with Gasteiger partial charge in [0.1, 0.15) is 11.9 Å². The number of hydrogen-bond donors (Lipinski definition) is 1. The number of pyridine rings is 1. The Kier molecular flexibility index (Phi) is 6.12. The molecule has 1 fully saturated rings. The molecule has 2 aromatic heterocycles. The van der Waals surface area contributed by atoms with E-state index < -0.39 is 6.04 Å². The van der Waals surface area contributed by atoms with E-state index in [1.807, 2.05) is 53.4 Å². The van der Waals surface area contributed by atoms with E-state index in [1.54, 1.807) is 22.9 Å². The number of piperazine rings is 1. The van der Waals surface area contributed by atoms with Gasteiger partial charge in [0.05, 0.1) is 17.7 Å². The molecule has 0 aliphatic carbocycles. The quantitative estimate of drug-likeness (QED) is 0.351. The number of halogens is 1. The van der Waals surface area contributed by atoms with Crippen LogP contribution in [-0.2, 0) is 6.54 Å². The maximum Gasteiger partial charge on any atom is 0.253 e. The summed E-state index contributed by atoms with van der Waals surface area (Å²) in [6.45, 7) is 2.93. The van der Waals surface area contributed by atoms with Crippen molar-refractivity contribution in [2.45, 2.75) is 12.6 Å². The van der Waals surface area contributed by atoms with E-state index in [2.05, 4.69) is 25.4 Å². The molecule has 7 rings (SSSR count). The van der Waals surface area contributed by atoms with Crippen molar-refractivity contribution in [2.24, 2.45) is 0 Å². The van der Waals surface area contributed by atoms with Crippen LogP contribution in [0.2, 0.25) is 0 Å². The van der Waals surface area contributed by atoms with Gasteiger partial charge in [-0.05, 0) is 40.3 Å². The molecule has 40 heavy (non-hydrogen) atoms. The third kappa shape index (κ3) is 4.43. The second-order valence-corrected chi connectivity index (χ2v) is 9.90. The number of fused-ring (bicyclic) bond motifs is 2. The van der Waals surface area contributed by atoms with Crippen molar-refractivity contribution in [2.75, 3.05) is 37.9 Å². The van der Waals surface area contributed by atoms with Gasteiger partial charge in [-0.1, -0.05) is 42.5 Å². The highest BCUT2D eigenvalue weighted by atomic mass is 19.1. The maximum atomic E-state index is 14.5. The summed E-state index contributed by atoms with van der Waals surface area (Å²) in [5.74, 6) is 1.55. The molecule has 0 saturated carbocycles. The SMILES string of the molecule is O=c1[nH]c2cc3c(cc2cc1C(c1nnnn1Cc1ccccc1)N1CCN(c2ccccc2F)CC1)OCO3. The van der Waals surface area contributed by atoms with Crippen LogP contribution in [0, 0.1) is 5.82 Å². The van der Waals surface area contributed by atoms with Crippen LogP contribution in [0.25, 0.3) is 10.9 Å². The van der Waals surface area contributed by atoms with Crippen molar-refractivity contribution in [3.8, 4) is 11.5 Å². The first-order valence-electron chi connectivity index (χ1n) is 13.1. The molecule has 1 unspecified atom stereocenters. The first kappa shape index (κ1) is 24.3. The molecule has 0 bridgehead atoms. The predicted octanol–water partition coefficient (Wildman–Crippen LogP) is 3.34. The number of para-hydroxylation sites is 1. The number of nitrogens with one attached hydrogen (secondary N) is 1. The second kappa shape index (κ2) is 10.1. The molecule has 2 aliphatic heterocycles. The molecule has 1 N–H and O–H groups in total. The number of rotatable bonds is 6. The van der Waals surface area contributed by atoms with Crippen molar-refractivity contribution in [3.63, 3.8) is 0 Å². The fraction of sp³-hybridized carbons (Fsp3) is 0.241. The number of aromatic nitrogens is 5. The fourth-order valence-corrected chi connectivity index (χ4v) is 5.52. The molecule has 3 aromatic carbocycles. The number of hydrogen-bond acceptors (Lipinski definition) is 8. The lowest BCUT2D eigenvalue weighted by Gasteiger charge is -2.39. The average Bonchev–Trinajstić information content (AvgIpc) is 3.63. The maximum absolute atomic E-state index is 14.5. The Hall–Kier alpha value is -4.77. The highest BCUT2D eigenvalue weighted by Crippen LogP contribution is 2.36. The minimum atomic E-state index is -0.528. The molecule has 0 amide bonds. The molecule has 1 atom stereocenters. The lowest BCUT2D eigenvalue weighted by atomic mass is 10.0. The Labute approximate surface area is 228 Å². The van der Waals surface area contributed by atoms with E-state index in [4.69, 9.17) is 9.47 Å². The van der Waals surface area contributed by atoms with E-state index >= 15 is 0 Å². The number of H-pyrrole nitrogens is 1. The Morgan fingerprint density at radius 3 is 2.48 bits per heavy atom. The Balaban J connectivity index is 1.28. The number of tetrazole rings is 1. The molecule has 1 saturated heterocycles. The number of ether oxygens (including phenoxy) is 2. The molecule has 202 valence electrons. The van der Waals surface area contributed by atoms with Gasteiger partial charge in [-0.2, -0.15) is 0 Å². The number of benzene rings is 3. The van der Waals surface area contributed by atoms with Gasteiger partial charge in [-0.15, -0.1) is 5.10 Å². The van der Waals surface area contributed by atoms with E-state index in [0.29, 0.717) is 66.8 Å². The molecule has 0 spiro atoms. The first-order chi connectivity index (χ1) is 19.6. The highest BCUT2D eigenvalue weighted by molar-refractivity contribution is 5.83. The number of anilines is 1. The Bertz CT molecular complexity index is 1730. The van der Waals surface area contributed by atoms with Gasteiger partial charge in [0, 0.05) is 43.2 Å². The van der Waals surface area contributed by atoms with Crippen LogP contribution in [0.3, 0.4) is 0 Å². The van der Waals surface area contributed by atoms with Crippen LogP contribution in [0.1, 0.15) is 23.0 Å². The topological polar surface area (TPSA) is 101 Å². The molecule has 10 nitrogen and oxygen atoms in total. The minimum Gasteiger partial charge on any atom is -0.454 e. The molecule has 0 radical (unpaired) electrons. The van der Waals surface area contributed by atoms with E-state index in [0.717, 1.165) is 10.9 Å². The zero-order chi connectivity index (χ0) is 27.1. The van der Waals surface area contributed by atoms with Crippen LogP contribution >= 0.6 is 0 Å². The summed E-state index contributed by atoms with van der Waals surface area (Å²) < 4.78 is 27.3. The molecular formula is C29H26FN7O3. The van der Waals surface area contributed by atoms with Crippen LogP contribution in [0.15, 0.2) is 77.6 Å². The fourth-order valence-electron chi connectivity index (χ4n) is 5.52. The monoisotopic (exact) mass is 539 g/mol. The summed E-state index contributed by atoms with van der Waals surface area (Å²) in [7, 11) is 0. The van der Waals surface area contributed by atoms with Crippen molar-refractivity contribution in [1.29, 1.82) is 0 Å². The zero-order valence-electron chi connectivity index (χ0n) is 21.5. The summed E-state index contributed by atoms with van der Waals surface area (Å²) in [5.41, 5.74) is 2.56. The standard InChI is InChI=1S/C29H26FN7O3/c30-22-8-4-5-9-24(22)35-10-12-36(13-11-35)27(28-32-33-34-37(28)17-19-6-2-1-3-7-19)21-14-20-15-25-26(40-18-39-25)16-23(20)31-29(21)38/h1-9,14-16,27H,10-13,17-18H2,(H,31,38). The number of nitrogens with zero attached hydrogens (tertiary/aromatic N) is 6. The van der Waals surface area contributed by atoms with Crippen LogP contribution in [0.4, 0.5) is 10.1 Å². The lowest BCUT2D eigenvalue weighted by molar-refractivity contribution is 0.174. The first-order valence-corrected chi connectivity index (χ1v) is 13.1. The third-order valence-electron chi connectivity index (χ3n) is 7.51. The van der Waals surface area contributed by atoms with E-state index in [1.165, 1.54) is 6.07 Å². The van der Waals surface area contributed by atoms with Crippen LogP contribution < -0.4 is 19.9 Å². The van der Waals surface area contributed by atoms with E-state index in [-0.39, 0.29) is 18.2 Å². The zero-order valence-corrected chi connectivity index (χ0v) is 21.5. The smallest absolute Gasteiger partial charge is 0.253 e. The summed E-state index contributed by atoms with van der Waals surface area (Å²) in [5, 5.41) is 13.5. The summed E-state index contributed by atoms with van der Waals surface area (Å²) in [6, 6.07) is 21.7. The van der Waals surface area contributed by atoms with Gasteiger partial charge in [0.15, 0.2) is 17.3 Å². The summed E-state index contributed by atoms with van der Waals surface area (Å²) in [6.07, 6.45) is 0. The lowest BCUT2D eigenvalue weighted by Crippen LogP contribution is -2.49. The minimum absolute atomic E-state index is 0.145. The van der Waals surface area contributed by atoms with Gasteiger partial charge in [-0.25, -0.2) is 9.07 Å². The van der Waals surface area contributed by atoms with Gasteiger partial charge in [0.2, 0.25) is 6.79 Å². The van der Waals surface area contributed by atoms with Crippen molar-refractivity contribution in [1.82, 2.24) is 30.1 Å². The van der Waals surface area contributed by atoms with Crippen LogP contribution in [0.5, 0.6) is 11.5 Å². The van der Waals surface area contributed by atoms with Gasteiger partial charge in [0.25, 0.3) is 5.56 Å². The Morgan fingerprint density at radius 2 is 1.68 bits per heavy atom. The largest absolute Gasteiger partial charge is 0.454 e. The van der Waals surface area contributed by atoms with Crippen molar-refractivity contribution < 1.29 is 13.9 Å². The molecule has 5 aromatic rings. The molecule has 2 aliphatic rings. The van der Waals surface area contributed by atoms with Crippen molar-refractivity contribution >= 4 is 16.6 Å². The Morgan fingerprint density at radius 1 is 0.925 bits per heavy atom. The van der Waals surface area contributed by atoms with Gasteiger partial charge in [-0.3, -0.25) is 9.69 Å². The normalized spacial score (nSPS) is 16.0. The van der Waals surface area contributed by atoms with Gasteiger partial charge >= 0.3 is 0 Å². The van der Waals surface area contributed by atoms with Gasteiger partial charge < -0.3 is 19.4 Å².